The molecule has 1 atom stereocenters. The molecule has 0 saturated heterocycles. The monoisotopic (exact) mass is 310 g/mol. The van der Waals surface area contributed by atoms with Gasteiger partial charge in [-0.25, -0.2) is 8.78 Å². The van der Waals surface area contributed by atoms with Crippen molar-refractivity contribution in [2.45, 2.75) is 13.0 Å². The summed E-state index contributed by atoms with van der Waals surface area (Å²) < 4.78 is 26.5. The lowest BCUT2D eigenvalue weighted by atomic mass is 10.1. The lowest BCUT2D eigenvalue weighted by molar-refractivity contribution is 0.0996. The van der Waals surface area contributed by atoms with Crippen molar-refractivity contribution in [3.8, 4) is 0 Å². The van der Waals surface area contributed by atoms with Gasteiger partial charge in [0.25, 0.3) is 5.91 Å². The van der Waals surface area contributed by atoms with Crippen LogP contribution in [0.5, 0.6) is 0 Å². The van der Waals surface area contributed by atoms with Crippen LogP contribution in [-0.4, -0.2) is 5.91 Å². The number of carbonyl (C=O) groups is 1. The fourth-order valence-corrected chi connectivity index (χ4v) is 2.11. The van der Waals surface area contributed by atoms with Crippen LogP contribution in [0.4, 0.5) is 14.5 Å². The van der Waals surface area contributed by atoms with Crippen molar-refractivity contribution in [1.29, 1.82) is 0 Å². The molecule has 0 aromatic heterocycles. The third-order valence-electron chi connectivity index (χ3n) is 3.06. The van der Waals surface area contributed by atoms with Crippen molar-refractivity contribution in [3.05, 3.63) is 64.2 Å². The maximum absolute atomic E-state index is 13.4. The molecular formula is C15H13ClF2N2O. The Morgan fingerprint density at radius 2 is 1.86 bits per heavy atom. The zero-order chi connectivity index (χ0) is 15.6. The van der Waals surface area contributed by atoms with Gasteiger partial charge in [-0.15, -0.1) is 0 Å². The van der Waals surface area contributed by atoms with Crippen molar-refractivity contribution >= 4 is 23.2 Å². The number of primary amides is 1. The molecule has 1 amide bonds. The number of nitrogens with one attached hydrogen (secondary N) is 1. The second kappa shape index (κ2) is 6.10. The van der Waals surface area contributed by atoms with E-state index in [2.05, 4.69) is 5.32 Å². The molecule has 21 heavy (non-hydrogen) atoms. The van der Waals surface area contributed by atoms with Gasteiger partial charge in [-0.1, -0.05) is 17.7 Å². The molecule has 3 N–H and O–H groups in total. The molecule has 6 heteroatoms. The smallest absolute Gasteiger partial charge is 0.251 e. The largest absolute Gasteiger partial charge is 0.378 e. The first kappa shape index (κ1) is 15.3. The van der Waals surface area contributed by atoms with Gasteiger partial charge in [0.1, 0.15) is 11.6 Å². The van der Waals surface area contributed by atoms with Crippen LogP contribution >= 0.6 is 11.6 Å². The van der Waals surface area contributed by atoms with Crippen LogP contribution in [0.2, 0.25) is 5.02 Å². The van der Waals surface area contributed by atoms with Crippen LogP contribution in [0.1, 0.15) is 28.9 Å². The van der Waals surface area contributed by atoms with Gasteiger partial charge >= 0.3 is 0 Å². The van der Waals surface area contributed by atoms with Gasteiger partial charge in [-0.3, -0.25) is 4.79 Å². The van der Waals surface area contributed by atoms with E-state index in [1.54, 1.807) is 6.07 Å². The molecule has 1 unspecified atom stereocenters. The van der Waals surface area contributed by atoms with Crippen LogP contribution in [0.3, 0.4) is 0 Å². The number of anilines is 1. The van der Waals surface area contributed by atoms with E-state index in [-0.39, 0.29) is 16.6 Å². The van der Waals surface area contributed by atoms with Crippen LogP contribution in [-0.2, 0) is 0 Å². The quantitative estimate of drug-likeness (QED) is 0.900. The molecule has 2 aromatic rings. The number of carbonyl (C=O) groups excluding carboxylic acids is 1. The Bertz CT molecular complexity index is 691. The summed E-state index contributed by atoms with van der Waals surface area (Å²) in [5.74, 6) is -2.01. The van der Waals surface area contributed by atoms with E-state index in [1.165, 1.54) is 24.3 Å². The maximum atomic E-state index is 13.4. The van der Waals surface area contributed by atoms with Crippen LogP contribution < -0.4 is 11.1 Å². The summed E-state index contributed by atoms with van der Waals surface area (Å²) in [6.07, 6.45) is 0. The van der Waals surface area contributed by atoms with Crippen LogP contribution in [0.25, 0.3) is 0 Å². The van der Waals surface area contributed by atoms with E-state index in [0.717, 1.165) is 11.6 Å². The highest BCUT2D eigenvalue weighted by Crippen LogP contribution is 2.24. The molecule has 0 aliphatic carbocycles. The Hall–Kier alpha value is -2.14. The third kappa shape index (κ3) is 3.49. The summed E-state index contributed by atoms with van der Waals surface area (Å²) in [7, 11) is 0. The summed E-state index contributed by atoms with van der Waals surface area (Å²) in [5, 5.41) is 3.10. The van der Waals surface area contributed by atoms with Gasteiger partial charge in [-0.2, -0.15) is 0 Å². The molecule has 3 nitrogen and oxygen atoms in total. The molecule has 0 aliphatic heterocycles. The fourth-order valence-electron chi connectivity index (χ4n) is 1.92. The Morgan fingerprint density at radius 1 is 1.19 bits per heavy atom. The molecule has 0 heterocycles. The SMILES string of the molecule is CC(Nc1ccc(F)c(C(N)=O)c1)c1ccc(F)c(Cl)c1. The van der Waals surface area contributed by atoms with E-state index in [1.807, 2.05) is 6.92 Å². The van der Waals surface area contributed by atoms with Crippen molar-refractivity contribution < 1.29 is 13.6 Å². The zero-order valence-electron chi connectivity index (χ0n) is 11.2. The van der Waals surface area contributed by atoms with E-state index < -0.39 is 17.5 Å². The fraction of sp³-hybridized carbons (Fsp3) is 0.133. The van der Waals surface area contributed by atoms with E-state index in [9.17, 15) is 13.6 Å². The summed E-state index contributed by atoms with van der Waals surface area (Å²) >= 11 is 5.73. The average Bonchev–Trinajstić information content (AvgIpc) is 2.43. The molecule has 0 bridgehead atoms. The first-order valence-corrected chi connectivity index (χ1v) is 6.57. The highest BCUT2D eigenvalue weighted by atomic mass is 35.5. The maximum Gasteiger partial charge on any atom is 0.251 e. The van der Waals surface area contributed by atoms with Crippen molar-refractivity contribution in [2.75, 3.05) is 5.32 Å². The van der Waals surface area contributed by atoms with Crippen molar-refractivity contribution in [3.63, 3.8) is 0 Å². The number of halogens is 3. The molecule has 2 rings (SSSR count). The third-order valence-corrected chi connectivity index (χ3v) is 3.35. The summed E-state index contributed by atoms with van der Waals surface area (Å²) in [6.45, 7) is 1.83. The highest BCUT2D eigenvalue weighted by molar-refractivity contribution is 6.30. The van der Waals surface area contributed by atoms with Crippen LogP contribution in [0.15, 0.2) is 36.4 Å². The number of amides is 1. The van der Waals surface area contributed by atoms with Crippen molar-refractivity contribution in [1.82, 2.24) is 0 Å². The predicted octanol–water partition coefficient (Wildman–Crippen LogP) is 3.89. The minimum Gasteiger partial charge on any atom is -0.378 e. The molecule has 0 fully saturated rings. The standard InChI is InChI=1S/C15H13ClF2N2O/c1-8(9-2-4-14(18)12(16)6-9)20-10-3-5-13(17)11(7-10)15(19)21/h2-8,20H,1H3,(H2,19,21). The van der Waals surface area contributed by atoms with Gasteiger partial charge in [0.15, 0.2) is 0 Å². The Labute approximate surface area is 125 Å². The average molecular weight is 311 g/mol. The summed E-state index contributed by atoms with van der Waals surface area (Å²) in [4.78, 5) is 11.1. The number of hydrogen-bond donors (Lipinski definition) is 2. The number of hydrogen-bond acceptors (Lipinski definition) is 2. The van der Waals surface area contributed by atoms with E-state index in [4.69, 9.17) is 17.3 Å². The minimum absolute atomic E-state index is 0.0260. The number of benzene rings is 2. The zero-order valence-corrected chi connectivity index (χ0v) is 11.9. The van der Waals surface area contributed by atoms with E-state index in [0.29, 0.717) is 5.69 Å². The molecule has 0 radical (unpaired) electrons. The van der Waals surface area contributed by atoms with Gasteiger partial charge in [-0.05, 0) is 42.8 Å². The summed E-state index contributed by atoms with van der Waals surface area (Å²) in [5.41, 5.74) is 6.19. The highest BCUT2D eigenvalue weighted by Gasteiger charge is 2.12. The first-order chi connectivity index (χ1) is 9.88. The topological polar surface area (TPSA) is 55.1 Å². The Balaban J connectivity index is 2.23. The normalized spacial score (nSPS) is 12.0. The molecule has 0 spiro atoms. The Morgan fingerprint density at radius 3 is 2.48 bits per heavy atom. The van der Waals surface area contributed by atoms with Gasteiger partial charge in [0.2, 0.25) is 0 Å². The van der Waals surface area contributed by atoms with Crippen molar-refractivity contribution in [2.24, 2.45) is 5.73 Å². The Kier molecular flexibility index (Phi) is 4.43. The van der Waals surface area contributed by atoms with Gasteiger partial charge < -0.3 is 11.1 Å². The van der Waals surface area contributed by atoms with E-state index >= 15 is 0 Å². The first-order valence-electron chi connectivity index (χ1n) is 6.19. The van der Waals surface area contributed by atoms with Gasteiger partial charge in [0, 0.05) is 11.7 Å². The second-order valence-electron chi connectivity index (χ2n) is 4.60. The number of rotatable bonds is 4. The summed E-state index contributed by atoms with van der Waals surface area (Å²) in [6, 6.07) is 8.14. The molecular weight excluding hydrogens is 298 g/mol. The van der Waals surface area contributed by atoms with Crippen LogP contribution in [0, 0.1) is 11.6 Å². The molecule has 0 aliphatic rings. The minimum atomic E-state index is -0.839. The van der Waals surface area contributed by atoms with Gasteiger partial charge in [0.05, 0.1) is 10.6 Å². The predicted molar refractivity (Wildman–Crippen MR) is 78.4 cm³/mol. The molecule has 110 valence electrons. The number of nitrogens with two attached hydrogens (primary N) is 1. The lowest BCUT2D eigenvalue weighted by Crippen LogP contribution is -2.14. The lowest BCUT2D eigenvalue weighted by Gasteiger charge is -2.16. The molecule has 0 saturated carbocycles. The molecule has 2 aromatic carbocycles. The second-order valence-corrected chi connectivity index (χ2v) is 5.01.